The number of aromatic nitrogens is 2. The molecule has 1 aromatic heterocycles. The number of hydrogen-bond donors (Lipinski definition) is 2. The second-order valence-corrected chi connectivity index (χ2v) is 5.43. The summed E-state index contributed by atoms with van der Waals surface area (Å²) < 4.78 is 0. The van der Waals surface area contributed by atoms with Crippen molar-refractivity contribution in [3.63, 3.8) is 0 Å². The van der Waals surface area contributed by atoms with Crippen molar-refractivity contribution in [2.45, 2.75) is 32.8 Å². The number of likely N-dealkylation sites (N-methyl/N-ethyl adjacent to an activating group) is 1. The molecule has 0 aliphatic carbocycles. The Bertz CT molecular complexity index is 424. The fourth-order valence-corrected chi connectivity index (χ4v) is 2.64. The molecule has 0 radical (unpaired) electrons. The van der Waals surface area contributed by atoms with Gasteiger partial charge in [0, 0.05) is 32.4 Å². The lowest BCUT2D eigenvalue weighted by Crippen LogP contribution is -2.38. The molecule has 0 amide bonds. The summed E-state index contributed by atoms with van der Waals surface area (Å²) >= 11 is 0. The van der Waals surface area contributed by atoms with Crippen molar-refractivity contribution < 1.29 is 5.11 Å². The molecule has 0 bridgehead atoms. The van der Waals surface area contributed by atoms with Crippen LogP contribution in [0, 0.1) is 0 Å². The maximum atomic E-state index is 9.76. The zero-order valence-electron chi connectivity index (χ0n) is 13.1. The summed E-state index contributed by atoms with van der Waals surface area (Å²) in [5.74, 6) is 1.56. The second-order valence-electron chi connectivity index (χ2n) is 5.43. The quantitative estimate of drug-likeness (QED) is 0.787. The number of rotatable bonds is 7. The molecule has 1 aliphatic heterocycles. The highest BCUT2D eigenvalue weighted by atomic mass is 16.3. The summed E-state index contributed by atoms with van der Waals surface area (Å²) in [5.41, 5.74) is 0. The molecule has 1 saturated heterocycles. The number of nitrogens with zero attached hydrogens (tertiary/aromatic N) is 4. The predicted molar refractivity (Wildman–Crippen MR) is 85.8 cm³/mol. The number of β-amino-alcohol motifs (C(OH)–C–C–N with tert-alkyl or cyclic N) is 1. The van der Waals surface area contributed by atoms with Crippen molar-refractivity contribution in [3.8, 4) is 0 Å². The Morgan fingerprint density at radius 3 is 2.95 bits per heavy atom. The van der Waals surface area contributed by atoms with Crippen LogP contribution in [0.15, 0.2) is 12.3 Å². The highest BCUT2D eigenvalue weighted by Crippen LogP contribution is 2.18. The van der Waals surface area contributed by atoms with Gasteiger partial charge in [-0.1, -0.05) is 13.8 Å². The number of piperidine rings is 1. The van der Waals surface area contributed by atoms with Crippen molar-refractivity contribution in [1.29, 1.82) is 0 Å². The topological polar surface area (TPSA) is 64.5 Å². The zero-order chi connectivity index (χ0) is 15.1. The minimum absolute atomic E-state index is 0.243. The van der Waals surface area contributed by atoms with Gasteiger partial charge >= 0.3 is 0 Å². The van der Waals surface area contributed by atoms with Crippen LogP contribution in [0.3, 0.4) is 0 Å². The molecular weight excluding hydrogens is 266 g/mol. The first kappa shape index (κ1) is 16.0. The van der Waals surface area contributed by atoms with Crippen LogP contribution in [0.5, 0.6) is 0 Å². The summed E-state index contributed by atoms with van der Waals surface area (Å²) in [6, 6.07) is 1.91. The van der Waals surface area contributed by atoms with Crippen molar-refractivity contribution in [2.75, 3.05) is 49.5 Å². The Morgan fingerprint density at radius 2 is 2.24 bits per heavy atom. The first-order chi connectivity index (χ1) is 10.2. The van der Waals surface area contributed by atoms with Crippen molar-refractivity contribution in [1.82, 2.24) is 14.9 Å². The van der Waals surface area contributed by atoms with Gasteiger partial charge in [-0.15, -0.1) is 0 Å². The van der Waals surface area contributed by atoms with Crippen molar-refractivity contribution in [2.24, 2.45) is 0 Å². The molecule has 2 heterocycles. The third-order valence-electron chi connectivity index (χ3n) is 3.97. The fourth-order valence-electron chi connectivity index (χ4n) is 2.64. The highest BCUT2D eigenvalue weighted by molar-refractivity contribution is 5.43. The van der Waals surface area contributed by atoms with Crippen LogP contribution in [0.25, 0.3) is 0 Å². The van der Waals surface area contributed by atoms with Gasteiger partial charge in [-0.25, -0.2) is 4.98 Å². The SMILES string of the molecule is CCN(CC)CCNc1nccc(N2CCC[C@H](O)C2)n1. The van der Waals surface area contributed by atoms with E-state index in [0.717, 1.165) is 51.4 Å². The van der Waals surface area contributed by atoms with Crippen LogP contribution in [0.2, 0.25) is 0 Å². The van der Waals surface area contributed by atoms with E-state index in [1.807, 2.05) is 6.07 Å². The molecule has 1 aliphatic rings. The summed E-state index contributed by atoms with van der Waals surface area (Å²) in [4.78, 5) is 13.3. The standard InChI is InChI=1S/C15H27N5O/c1-3-19(4-2)11-9-17-15-16-8-7-14(18-15)20-10-5-6-13(21)12-20/h7-8,13,21H,3-6,9-12H2,1-2H3,(H,16,17,18)/t13-/m0/s1. The third-order valence-corrected chi connectivity index (χ3v) is 3.97. The monoisotopic (exact) mass is 293 g/mol. The molecule has 118 valence electrons. The third kappa shape index (κ3) is 4.82. The second kappa shape index (κ2) is 8.14. The summed E-state index contributed by atoms with van der Waals surface area (Å²) in [7, 11) is 0. The number of nitrogens with one attached hydrogen (secondary N) is 1. The number of aliphatic hydroxyl groups is 1. The summed E-state index contributed by atoms with van der Waals surface area (Å²) in [6.45, 7) is 9.90. The van der Waals surface area contributed by atoms with Gasteiger partial charge in [-0.3, -0.25) is 0 Å². The van der Waals surface area contributed by atoms with E-state index in [2.05, 4.69) is 38.9 Å². The molecule has 1 aromatic rings. The largest absolute Gasteiger partial charge is 0.391 e. The Labute approximate surface area is 127 Å². The van der Waals surface area contributed by atoms with Crippen LogP contribution in [0.1, 0.15) is 26.7 Å². The minimum Gasteiger partial charge on any atom is -0.391 e. The summed E-state index contributed by atoms with van der Waals surface area (Å²) in [6.07, 6.45) is 3.43. The van der Waals surface area contributed by atoms with E-state index in [1.165, 1.54) is 0 Å². The Morgan fingerprint density at radius 1 is 1.43 bits per heavy atom. The van der Waals surface area contributed by atoms with Gasteiger partial charge in [0.05, 0.1) is 6.10 Å². The van der Waals surface area contributed by atoms with E-state index < -0.39 is 0 Å². The molecule has 6 nitrogen and oxygen atoms in total. The van der Waals surface area contributed by atoms with Crippen LogP contribution in [0.4, 0.5) is 11.8 Å². The lowest BCUT2D eigenvalue weighted by molar-refractivity contribution is 0.154. The van der Waals surface area contributed by atoms with Gasteiger partial charge in [0.25, 0.3) is 0 Å². The van der Waals surface area contributed by atoms with Gasteiger partial charge in [0.2, 0.25) is 5.95 Å². The lowest BCUT2D eigenvalue weighted by atomic mass is 10.1. The average Bonchev–Trinajstić information content (AvgIpc) is 2.52. The van der Waals surface area contributed by atoms with Gasteiger partial charge < -0.3 is 20.2 Å². The predicted octanol–water partition coefficient (Wildman–Crippen LogP) is 1.19. The summed E-state index contributed by atoms with van der Waals surface area (Å²) in [5, 5.41) is 13.0. The van der Waals surface area contributed by atoms with Crippen LogP contribution < -0.4 is 10.2 Å². The van der Waals surface area contributed by atoms with Crippen LogP contribution in [-0.2, 0) is 0 Å². The molecule has 6 heteroatoms. The van der Waals surface area contributed by atoms with E-state index in [0.29, 0.717) is 12.5 Å². The fraction of sp³-hybridized carbons (Fsp3) is 0.733. The molecule has 2 rings (SSSR count). The first-order valence-corrected chi connectivity index (χ1v) is 7.95. The van der Waals surface area contributed by atoms with Gasteiger partial charge in [0.15, 0.2) is 0 Å². The average molecular weight is 293 g/mol. The van der Waals surface area contributed by atoms with E-state index in [9.17, 15) is 5.11 Å². The Kier molecular flexibility index (Phi) is 6.20. The Hall–Kier alpha value is -1.40. The van der Waals surface area contributed by atoms with E-state index >= 15 is 0 Å². The minimum atomic E-state index is -0.243. The molecule has 1 fully saturated rings. The molecule has 1 atom stereocenters. The Balaban J connectivity index is 1.88. The number of hydrogen-bond acceptors (Lipinski definition) is 6. The number of aliphatic hydroxyl groups excluding tert-OH is 1. The highest BCUT2D eigenvalue weighted by Gasteiger charge is 2.19. The zero-order valence-corrected chi connectivity index (χ0v) is 13.1. The smallest absolute Gasteiger partial charge is 0.224 e. The van der Waals surface area contributed by atoms with E-state index in [1.54, 1.807) is 6.20 Å². The molecule has 21 heavy (non-hydrogen) atoms. The maximum absolute atomic E-state index is 9.76. The lowest BCUT2D eigenvalue weighted by Gasteiger charge is -2.31. The van der Waals surface area contributed by atoms with Crippen LogP contribution in [-0.4, -0.2) is 65.3 Å². The van der Waals surface area contributed by atoms with Gasteiger partial charge in [-0.05, 0) is 32.0 Å². The van der Waals surface area contributed by atoms with Crippen molar-refractivity contribution >= 4 is 11.8 Å². The van der Waals surface area contributed by atoms with Crippen molar-refractivity contribution in [3.05, 3.63) is 12.3 Å². The molecular formula is C15H27N5O. The maximum Gasteiger partial charge on any atom is 0.224 e. The van der Waals surface area contributed by atoms with Gasteiger partial charge in [-0.2, -0.15) is 4.98 Å². The van der Waals surface area contributed by atoms with E-state index in [-0.39, 0.29) is 6.10 Å². The normalized spacial score (nSPS) is 19.0. The van der Waals surface area contributed by atoms with E-state index in [4.69, 9.17) is 0 Å². The molecule has 2 N–H and O–H groups in total. The molecule has 0 unspecified atom stereocenters. The molecule has 0 spiro atoms. The molecule has 0 saturated carbocycles. The first-order valence-electron chi connectivity index (χ1n) is 7.95. The number of anilines is 2. The van der Waals surface area contributed by atoms with Gasteiger partial charge in [0.1, 0.15) is 5.82 Å². The molecule has 0 aromatic carbocycles. The van der Waals surface area contributed by atoms with Crippen LogP contribution >= 0.6 is 0 Å².